The van der Waals surface area contributed by atoms with Crippen LogP contribution in [0, 0.1) is 18.8 Å². The molecule has 1 aliphatic heterocycles. The summed E-state index contributed by atoms with van der Waals surface area (Å²) in [6.45, 7) is 3.54. The summed E-state index contributed by atoms with van der Waals surface area (Å²) < 4.78 is 1.76. The lowest BCUT2D eigenvalue weighted by Crippen LogP contribution is -2.36. The first kappa shape index (κ1) is 17.4. The molecule has 3 aromatic rings. The minimum Gasteiger partial charge on any atom is -0.391 e. The highest BCUT2D eigenvalue weighted by Crippen LogP contribution is 2.41. The van der Waals surface area contributed by atoms with Gasteiger partial charge in [-0.2, -0.15) is 5.10 Å². The summed E-state index contributed by atoms with van der Waals surface area (Å²) in [5, 5.41) is 15.9. The number of nitrogens with zero attached hydrogens (tertiary/aromatic N) is 4. The highest BCUT2D eigenvalue weighted by atomic mass is 16.3. The lowest BCUT2D eigenvalue weighted by Gasteiger charge is -2.34. The number of carbonyl (C=O) groups is 1. The van der Waals surface area contributed by atoms with Crippen molar-refractivity contribution < 1.29 is 9.90 Å². The molecule has 2 N–H and O–H groups in total. The van der Waals surface area contributed by atoms with Crippen LogP contribution in [0.25, 0.3) is 10.9 Å². The van der Waals surface area contributed by atoms with E-state index in [9.17, 15) is 9.90 Å². The molecule has 4 atom stereocenters. The molecule has 1 amide bonds. The third kappa shape index (κ3) is 2.90. The molecule has 2 fully saturated rings. The second kappa shape index (κ2) is 6.74. The summed E-state index contributed by atoms with van der Waals surface area (Å²) in [6, 6.07) is 8.09. The summed E-state index contributed by atoms with van der Waals surface area (Å²) in [5.41, 5.74) is 3.24. The Labute approximate surface area is 163 Å². The Morgan fingerprint density at radius 3 is 2.82 bits per heavy atom. The van der Waals surface area contributed by atoms with Gasteiger partial charge in [0.15, 0.2) is 0 Å². The topological polar surface area (TPSA) is 87.0 Å². The van der Waals surface area contributed by atoms with Gasteiger partial charge in [-0.3, -0.25) is 4.79 Å². The lowest BCUT2D eigenvalue weighted by atomic mass is 9.77. The van der Waals surface area contributed by atoms with Gasteiger partial charge < -0.3 is 15.0 Å². The lowest BCUT2D eigenvalue weighted by molar-refractivity contribution is -0.129. The number of aliphatic hydroxyl groups is 1. The van der Waals surface area contributed by atoms with Crippen LogP contribution in [0.5, 0.6) is 0 Å². The second-order valence-electron chi connectivity index (χ2n) is 8.25. The number of aryl methyl sites for hydroxylation is 1. The number of para-hydroxylation sites is 1. The van der Waals surface area contributed by atoms with E-state index in [1.54, 1.807) is 11.0 Å². The van der Waals surface area contributed by atoms with E-state index in [0.717, 1.165) is 41.7 Å². The van der Waals surface area contributed by atoms with E-state index in [1.165, 1.54) is 6.33 Å². The van der Waals surface area contributed by atoms with Crippen LogP contribution in [0.3, 0.4) is 0 Å². The van der Waals surface area contributed by atoms with Gasteiger partial charge in [-0.15, -0.1) is 0 Å². The van der Waals surface area contributed by atoms with Crippen molar-refractivity contribution in [1.82, 2.24) is 24.6 Å². The molecule has 0 unspecified atom stereocenters. The Hall–Kier alpha value is -2.67. The van der Waals surface area contributed by atoms with Gasteiger partial charge >= 0.3 is 0 Å². The number of aromatic nitrogens is 4. The van der Waals surface area contributed by atoms with Crippen molar-refractivity contribution in [3.05, 3.63) is 48.2 Å². The van der Waals surface area contributed by atoms with Gasteiger partial charge in [0, 0.05) is 29.7 Å². The molecule has 3 heterocycles. The normalized spacial score (nSPS) is 27.3. The standard InChI is InChI=1S/C21H25N5O2/c1-13-17(16-4-2-3-5-18(16)24-13)8-21(28)25-9-14-6-19(26-12-22-11-23-26)20(27)7-15(14)10-25/h2-5,11-12,14-15,19-20,24,27H,6-10H2,1H3/t14-,15+,19-,20-/m1/s1. The number of amides is 1. The molecule has 1 saturated carbocycles. The molecule has 0 bridgehead atoms. The first-order chi connectivity index (χ1) is 13.6. The molecule has 7 heteroatoms. The number of fused-ring (bicyclic) bond motifs is 2. The number of hydrogen-bond donors (Lipinski definition) is 2. The van der Waals surface area contributed by atoms with Crippen molar-refractivity contribution in [2.24, 2.45) is 11.8 Å². The van der Waals surface area contributed by atoms with Gasteiger partial charge in [0.2, 0.25) is 5.91 Å². The Balaban J connectivity index is 1.30. The first-order valence-electron chi connectivity index (χ1n) is 9.96. The summed E-state index contributed by atoms with van der Waals surface area (Å²) in [4.78, 5) is 22.4. The van der Waals surface area contributed by atoms with Crippen molar-refractivity contribution in [3.63, 3.8) is 0 Å². The van der Waals surface area contributed by atoms with Gasteiger partial charge in [0.1, 0.15) is 12.7 Å². The van der Waals surface area contributed by atoms with E-state index in [4.69, 9.17) is 0 Å². The summed E-state index contributed by atoms with van der Waals surface area (Å²) >= 11 is 0. The van der Waals surface area contributed by atoms with Crippen LogP contribution >= 0.6 is 0 Å². The molecule has 1 saturated heterocycles. The number of likely N-dealkylation sites (tertiary alicyclic amines) is 1. The van der Waals surface area contributed by atoms with Crippen molar-refractivity contribution in [1.29, 1.82) is 0 Å². The number of H-pyrrole nitrogens is 1. The zero-order valence-corrected chi connectivity index (χ0v) is 16.0. The zero-order chi connectivity index (χ0) is 19.3. The third-order valence-corrected chi connectivity index (χ3v) is 6.59. The van der Waals surface area contributed by atoms with Crippen LogP contribution in [0.1, 0.15) is 30.1 Å². The Bertz CT molecular complexity index is 996. The minimum atomic E-state index is -0.436. The van der Waals surface area contributed by atoms with Crippen LogP contribution in [-0.4, -0.2) is 54.9 Å². The molecule has 1 aliphatic carbocycles. The van der Waals surface area contributed by atoms with Gasteiger partial charge in [-0.05, 0) is 43.2 Å². The van der Waals surface area contributed by atoms with E-state index in [1.807, 2.05) is 30.0 Å². The number of aliphatic hydroxyl groups excluding tert-OH is 1. The number of benzene rings is 1. The smallest absolute Gasteiger partial charge is 0.227 e. The third-order valence-electron chi connectivity index (χ3n) is 6.59. The molecule has 2 aromatic heterocycles. The van der Waals surface area contributed by atoms with Crippen LogP contribution in [0.4, 0.5) is 0 Å². The van der Waals surface area contributed by atoms with Gasteiger partial charge in [0.05, 0.1) is 18.6 Å². The SMILES string of the molecule is Cc1[nH]c2ccccc2c1CC(=O)N1C[C@H]2C[C@@H](n3cncn3)[C@H](O)C[C@H]2C1. The maximum Gasteiger partial charge on any atom is 0.227 e. The monoisotopic (exact) mass is 379 g/mol. The van der Waals surface area contributed by atoms with E-state index in [0.29, 0.717) is 24.7 Å². The van der Waals surface area contributed by atoms with Gasteiger partial charge in [-0.25, -0.2) is 9.67 Å². The molecular formula is C21H25N5O2. The molecular weight excluding hydrogens is 354 g/mol. The van der Waals surface area contributed by atoms with E-state index < -0.39 is 6.10 Å². The average molecular weight is 379 g/mol. The average Bonchev–Trinajstić information content (AvgIpc) is 3.40. The number of rotatable bonds is 3. The van der Waals surface area contributed by atoms with Crippen LogP contribution in [-0.2, 0) is 11.2 Å². The maximum absolute atomic E-state index is 13.1. The van der Waals surface area contributed by atoms with Crippen LogP contribution < -0.4 is 0 Å². The number of nitrogens with one attached hydrogen (secondary N) is 1. The van der Waals surface area contributed by atoms with Gasteiger partial charge in [-0.1, -0.05) is 18.2 Å². The highest BCUT2D eigenvalue weighted by molar-refractivity contribution is 5.90. The predicted octanol–water partition coefficient (Wildman–Crippen LogP) is 2.08. The fourth-order valence-corrected chi connectivity index (χ4v) is 5.11. The van der Waals surface area contributed by atoms with Crippen molar-refractivity contribution in [3.8, 4) is 0 Å². The largest absolute Gasteiger partial charge is 0.391 e. The minimum absolute atomic E-state index is 0.0466. The summed E-state index contributed by atoms with van der Waals surface area (Å²) in [6.07, 6.45) is 4.72. The van der Waals surface area contributed by atoms with Crippen LogP contribution in [0.15, 0.2) is 36.9 Å². The maximum atomic E-state index is 13.1. The molecule has 1 aromatic carbocycles. The Morgan fingerprint density at radius 1 is 1.25 bits per heavy atom. The fourth-order valence-electron chi connectivity index (χ4n) is 5.11. The van der Waals surface area contributed by atoms with E-state index >= 15 is 0 Å². The molecule has 0 spiro atoms. The molecule has 0 radical (unpaired) electrons. The number of carbonyl (C=O) groups excluding carboxylic acids is 1. The predicted molar refractivity (Wildman–Crippen MR) is 105 cm³/mol. The van der Waals surface area contributed by atoms with Crippen LogP contribution in [0.2, 0.25) is 0 Å². The van der Waals surface area contributed by atoms with Gasteiger partial charge in [0.25, 0.3) is 0 Å². The van der Waals surface area contributed by atoms with Crippen molar-refractivity contribution in [2.75, 3.05) is 13.1 Å². The second-order valence-corrected chi connectivity index (χ2v) is 8.25. The summed E-state index contributed by atoms with van der Waals surface area (Å²) in [7, 11) is 0. The van der Waals surface area contributed by atoms with E-state index in [-0.39, 0.29) is 11.9 Å². The van der Waals surface area contributed by atoms with E-state index in [2.05, 4.69) is 21.1 Å². The molecule has 146 valence electrons. The Kier molecular flexibility index (Phi) is 4.19. The summed E-state index contributed by atoms with van der Waals surface area (Å²) in [5.74, 6) is 0.947. The molecule has 7 nitrogen and oxygen atoms in total. The first-order valence-corrected chi connectivity index (χ1v) is 9.96. The highest BCUT2D eigenvalue weighted by Gasteiger charge is 2.43. The number of aromatic amines is 1. The zero-order valence-electron chi connectivity index (χ0n) is 16.0. The fraction of sp³-hybridized carbons (Fsp3) is 0.476. The quantitative estimate of drug-likeness (QED) is 0.729. The molecule has 28 heavy (non-hydrogen) atoms. The van der Waals surface area contributed by atoms with Crippen molar-refractivity contribution in [2.45, 2.75) is 38.3 Å². The number of hydrogen-bond acceptors (Lipinski definition) is 4. The van der Waals surface area contributed by atoms with Crippen molar-refractivity contribution >= 4 is 16.8 Å². The molecule has 5 rings (SSSR count). The Morgan fingerprint density at radius 2 is 2.04 bits per heavy atom. The molecule has 2 aliphatic rings.